The molecular formula is C17H16N2O2S. The van der Waals surface area contributed by atoms with Gasteiger partial charge in [-0.25, -0.2) is 0 Å². The van der Waals surface area contributed by atoms with Crippen molar-refractivity contribution in [2.75, 3.05) is 11.9 Å². The van der Waals surface area contributed by atoms with Gasteiger partial charge in [-0.1, -0.05) is 12.1 Å². The minimum absolute atomic E-state index is 0.0427. The minimum Gasteiger partial charge on any atom is -0.483 e. The lowest BCUT2D eigenvalue weighted by molar-refractivity contribution is -0.118. The lowest BCUT2D eigenvalue weighted by atomic mass is 10.1. The Balaban J connectivity index is 1.90. The van der Waals surface area contributed by atoms with Gasteiger partial charge in [0, 0.05) is 10.6 Å². The Bertz CT molecular complexity index is 706. The Hall–Kier alpha value is -2.45. The molecular weight excluding hydrogens is 296 g/mol. The van der Waals surface area contributed by atoms with Gasteiger partial charge in [-0.2, -0.15) is 5.26 Å². The van der Waals surface area contributed by atoms with Gasteiger partial charge in [0.05, 0.1) is 0 Å². The molecule has 0 fully saturated rings. The standard InChI is InChI=1S/C17H16N2O2S/c1-12-4-3-5-16(13(12)2)21-10-17(20)19-14-6-8-15(9-7-14)22-11-18/h3-9H,10H2,1-2H3,(H,19,20). The molecule has 0 aromatic heterocycles. The molecule has 0 heterocycles. The number of carbonyl (C=O) groups is 1. The average Bonchev–Trinajstić information content (AvgIpc) is 2.51. The van der Waals surface area contributed by atoms with Crippen LogP contribution in [0.1, 0.15) is 11.1 Å². The highest BCUT2D eigenvalue weighted by molar-refractivity contribution is 8.03. The van der Waals surface area contributed by atoms with Crippen molar-refractivity contribution < 1.29 is 9.53 Å². The molecule has 0 bridgehead atoms. The molecule has 0 aliphatic carbocycles. The summed E-state index contributed by atoms with van der Waals surface area (Å²) in [5.74, 6) is 0.498. The number of benzene rings is 2. The number of hydrogen-bond acceptors (Lipinski definition) is 4. The summed E-state index contributed by atoms with van der Waals surface area (Å²) in [6.45, 7) is 3.93. The highest BCUT2D eigenvalue weighted by Gasteiger charge is 2.06. The van der Waals surface area contributed by atoms with Crippen LogP contribution < -0.4 is 10.1 Å². The van der Waals surface area contributed by atoms with Gasteiger partial charge in [-0.05, 0) is 67.1 Å². The summed E-state index contributed by atoms with van der Waals surface area (Å²) in [6.07, 6.45) is 0. The quantitative estimate of drug-likeness (QED) is 0.672. The number of rotatable bonds is 5. The molecule has 0 radical (unpaired) electrons. The van der Waals surface area contributed by atoms with E-state index in [4.69, 9.17) is 10.00 Å². The second-order valence-electron chi connectivity index (χ2n) is 4.75. The van der Waals surface area contributed by atoms with Gasteiger partial charge in [-0.3, -0.25) is 4.79 Å². The van der Waals surface area contributed by atoms with Crippen LogP contribution in [-0.2, 0) is 4.79 Å². The molecule has 0 saturated heterocycles. The first-order valence-electron chi connectivity index (χ1n) is 6.75. The van der Waals surface area contributed by atoms with Crippen molar-refractivity contribution in [3.8, 4) is 11.2 Å². The van der Waals surface area contributed by atoms with E-state index in [9.17, 15) is 4.79 Å². The SMILES string of the molecule is Cc1cccc(OCC(=O)Nc2ccc(SC#N)cc2)c1C. The fourth-order valence-electron chi connectivity index (χ4n) is 1.88. The highest BCUT2D eigenvalue weighted by Crippen LogP contribution is 2.21. The number of aryl methyl sites for hydroxylation is 1. The first-order valence-corrected chi connectivity index (χ1v) is 7.56. The van der Waals surface area contributed by atoms with Crippen molar-refractivity contribution in [2.45, 2.75) is 18.7 Å². The van der Waals surface area contributed by atoms with Crippen molar-refractivity contribution in [3.05, 3.63) is 53.6 Å². The maximum Gasteiger partial charge on any atom is 0.262 e. The van der Waals surface area contributed by atoms with Crippen LogP contribution in [0.25, 0.3) is 0 Å². The fourth-order valence-corrected chi connectivity index (χ4v) is 2.26. The van der Waals surface area contributed by atoms with Crippen LogP contribution in [0.5, 0.6) is 5.75 Å². The molecule has 2 rings (SSSR count). The molecule has 1 amide bonds. The number of ether oxygens (including phenoxy) is 1. The topological polar surface area (TPSA) is 62.1 Å². The van der Waals surface area contributed by atoms with E-state index in [0.717, 1.165) is 33.5 Å². The third-order valence-corrected chi connectivity index (χ3v) is 3.81. The second-order valence-corrected chi connectivity index (χ2v) is 5.61. The van der Waals surface area contributed by atoms with E-state index >= 15 is 0 Å². The van der Waals surface area contributed by atoms with Gasteiger partial charge in [0.2, 0.25) is 0 Å². The fraction of sp³-hybridized carbons (Fsp3) is 0.176. The normalized spacial score (nSPS) is 9.86. The van der Waals surface area contributed by atoms with Gasteiger partial charge in [0.15, 0.2) is 6.61 Å². The van der Waals surface area contributed by atoms with E-state index in [0.29, 0.717) is 5.69 Å². The summed E-state index contributed by atoms with van der Waals surface area (Å²) >= 11 is 1.08. The monoisotopic (exact) mass is 312 g/mol. The third-order valence-electron chi connectivity index (χ3n) is 3.22. The minimum atomic E-state index is -0.221. The summed E-state index contributed by atoms with van der Waals surface area (Å²) in [6, 6.07) is 12.9. The van der Waals surface area contributed by atoms with Crippen molar-refractivity contribution >= 4 is 23.4 Å². The zero-order chi connectivity index (χ0) is 15.9. The summed E-state index contributed by atoms with van der Waals surface area (Å²) in [7, 11) is 0. The summed E-state index contributed by atoms with van der Waals surface area (Å²) < 4.78 is 5.55. The van der Waals surface area contributed by atoms with E-state index in [-0.39, 0.29) is 12.5 Å². The van der Waals surface area contributed by atoms with Gasteiger partial charge >= 0.3 is 0 Å². The van der Waals surface area contributed by atoms with Crippen LogP contribution in [0.4, 0.5) is 5.69 Å². The number of carbonyl (C=O) groups excluding carboxylic acids is 1. The Morgan fingerprint density at radius 2 is 1.95 bits per heavy atom. The van der Waals surface area contributed by atoms with E-state index in [1.165, 1.54) is 0 Å². The Morgan fingerprint density at radius 3 is 2.64 bits per heavy atom. The number of nitriles is 1. The Morgan fingerprint density at radius 1 is 1.23 bits per heavy atom. The van der Waals surface area contributed by atoms with E-state index < -0.39 is 0 Å². The molecule has 4 nitrogen and oxygen atoms in total. The molecule has 0 atom stereocenters. The molecule has 112 valence electrons. The number of thioether (sulfide) groups is 1. The van der Waals surface area contributed by atoms with Crippen molar-refractivity contribution in [3.63, 3.8) is 0 Å². The largest absolute Gasteiger partial charge is 0.483 e. The number of thiocyanates is 1. The zero-order valence-electron chi connectivity index (χ0n) is 12.4. The van der Waals surface area contributed by atoms with Crippen molar-refractivity contribution in [1.29, 1.82) is 5.26 Å². The number of anilines is 1. The third kappa shape index (κ3) is 4.27. The molecule has 0 unspecified atom stereocenters. The number of nitrogens with zero attached hydrogens (tertiary/aromatic N) is 1. The molecule has 1 N–H and O–H groups in total. The molecule has 0 aliphatic heterocycles. The summed E-state index contributed by atoms with van der Waals surface area (Å²) in [5, 5.41) is 13.3. The maximum atomic E-state index is 11.9. The number of hydrogen-bond donors (Lipinski definition) is 1. The molecule has 0 aliphatic rings. The molecule has 2 aromatic carbocycles. The van der Waals surface area contributed by atoms with Crippen LogP contribution in [0.2, 0.25) is 0 Å². The van der Waals surface area contributed by atoms with Crippen LogP contribution in [0.15, 0.2) is 47.4 Å². The zero-order valence-corrected chi connectivity index (χ0v) is 13.2. The average molecular weight is 312 g/mol. The second kappa shape index (κ2) is 7.53. The number of amides is 1. The molecule has 22 heavy (non-hydrogen) atoms. The lowest BCUT2D eigenvalue weighted by Gasteiger charge is -2.11. The first-order chi connectivity index (χ1) is 10.6. The molecule has 0 saturated carbocycles. The predicted molar refractivity (Wildman–Crippen MR) is 88.0 cm³/mol. The maximum absolute atomic E-state index is 11.9. The Kier molecular flexibility index (Phi) is 5.45. The van der Waals surface area contributed by atoms with E-state index in [1.807, 2.05) is 37.4 Å². The van der Waals surface area contributed by atoms with Crippen LogP contribution in [0, 0.1) is 24.5 Å². The summed E-state index contributed by atoms with van der Waals surface area (Å²) in [5.41, 5.74) is 2.84. The molecule has 2 aromatic rings. The highest BCUT2D eigenvalue weighted by atomic mass is 32.2. The van der Waals surface area contributed by atoms with E-state index in [1.54, 1.807) is 24.3 Å². The first kappa shape index (κ1) is 15.9. The number of nitrogens with one attached hydrogen (secondary N) is 1. The van der Waals surface area contributed by atoms with E-state index in [2.05, 4.69) is 5.32 Å². The summed E-state index contributed by atoms with van der Waals surface area (Å²) in [4.78, 5) is 12.7. The van der Waals surface area contributed by atoms with Crippen LogP contribution in [-0.4, -0.2) is 12.5 Å². The lowest BCUT2D eigenvalue weighted by Crippen LogP contribution is -2.20. The van der Waals surface area contributed by atoms with Crippen molar-refractivity contribution in [2.24, 2.45) is 0 Å². The smallest absolute Gasteiger partial charge is 0.262 e. The Labute approximate surface area is 134 Å². The molecule has 0 spiro atoms. The van der Waals surface area contributed by atoms with Gasteiger partial charge < -0.3 is 10.1 Å². The van der Waals surface area contributed by atoms with Crippen LogP contribution in [0.3, 0.4) is 0 Å². The molecule has 5 heteroatoms. The van der Waals surface area contributed by atoms with Gasteiger partial charge in [-0.15, -0.1) is 0 Å². The van der Waals surface area contributed by atoms with Gasteiger partial charge in [0.25, 0.3) is 5.91 Å². The van der Waals surface area contributed by atoms with Crippen LogP contribution >= 0.6 is 11.8 Å². The predicted octanol–water partition coefficient (Wildman–Crippen LogP) is 3.89. The van der Waals surface area contributed by atoms with Crippen molar-refractivity contribution in [1.82, 2.24) is 0 Å². The van der Waals surface area contributed by atoms with Gasteiger partial charge in [0.1, 0.15) is 11.2 Å².